The van der Waals surface area contributed by atoms with Gasteiger partial charge in [-0.2, -0.15) is 0 Å². The summed E-state index contributed by atoms with van der Waals surface area (Å²) in [7, 11) is 0. The third-order valence-electron chi connectivity index (χ3n) is 4.43. The van der Waals surface area contributed by atoms with Crippen molar-refractivity contribution in [2.75, 3.05) is 11.6 Å². The molecular weight excluding hydrogens is 398 g/mol. The topological polar surface area (TPSA) is 72.5 Å². The number of anilines is 1. The molecule has 3 aromatic rings. The van der Waals surface area contributed by atoms with Crippen LogP contribution in [0.3, 0.4) is 0 Å². The molecule has 0 aromatic heterocycles. The number of rotatable bonds is 7. The maximum atomic E-state index is 13.0. The Labute approximate surface area is 179 Å². The summed E-state index contributed by atoms with van der Waals surface area (Å²) in [5.41, 5.74) is 1.88. The van der Waals surface area contributed by atoms with Gasteiger partial charge in [-0.05, 0) is 37.4 Å². The minimum atomic E-state index is -1.14. The lowest BCUT2D eigenvalue weighted by molar-refractivity contribution is -0.125. The SMILES string of the molecule is CSc1ccccc1C(=O)O[C@H](C(=O)Nc1cccc(C(C)=O)c1)c1ccccc1. The first-order chi connectivity index (χ1) is 14.5. The Bertz CT molecular complexity index is 1070. The molecule has 0 saturated carbocycles. The number of esters is 1. The highest BCUT2D eigenvalue weighted by Gasteiger charge is 2.26. The zero-order chi connectivity index (χ0) is 21.5. The first-order valence-electron chi connectivity index (χ1n) is 9.30. The van der Waals surface area contributed by atoms with Crippen LogP contribution in [-0.4, -0.2) is 23.9 Å². The summed E-state index contributed by atoms with van der Waals surface area (Å²) < 4.78 is 5.65. The maximum absolute atomic E-state index is 13.0. The monoisotopic (exact) mass is 419 g/mol. The van der Waals surface area contributed by atoms with E-state index in [0.717, 1.165) is 4.90 Å². The van der Waals surface area contributed by atoms with Crippen LogP contribution in [0.5, 0.6) is 0 Å². The van der Waals surface area contributed by atoms with Crippen LogP contribution >= 0.6 is 11.8 Å². The largest absolute Gasteiger partial charge is 0.444 e. The number of ketones is 1. The van der Waals surface area contributed by atoms with Gasteiger partial charge in [0.2, 0.25) is 6.10 Å². The number of benzene rings is 3. The van der Waals surface area contributed by atoms with Crippen LogP contribution in [-0.2, 0) is 9.53 Å². The standard InChI is InChI=1S/C24H21NO4S/c1-16(26)18-11-8-12-19(15-18)25-23(27)22(17-9-4-3-5-10-17)29-24(28)20-13-6-7-14-21(20)30-2/h3-15,22H,1-2H3,(H,25,27)/t22-/m0/s1. The lowest BCUT2D eigenvalue weighted by Crippen LogP contribution is -2.26. The van der Waals surface area contributed by atoms with Crippen molar-refractivity contribution in [1.82, 2.24) is 0 Å². The van der Waals surface area contributed by atoms with Crippen molar-refractivity contribution in [2.45, 2.75) is 17.9 Å². The Morgan fingerprint density at radius 3 is 2.30 bits per heavy atom. The minimum Gasteiger partial charge on any atom is -0.444 e. The van der Waals surface area contributed by atoms with Crippen LogP contribution in [0, 0.1) is 0 Å². The van der Waals surface area contributed by atoms with E-state index in [1.807, 2.05) is 24.5 Å². The summed E-state index contributed by atoms with van der Waals surface area (Å²) in [6.45, 7) is 1.46. The van der Waals surface area contributed by atoms with Gasteiger partial charge in [-0.15, -0.1) is 11.8 Å². The highest BCUT2D eigenvalue weighted by molar-refractivity contribution is 7.98. The van der Waals surface area contributed by atoms with Crippen molar-refractivity contribution in [3.05, 3.63) is 95.6 Å². The lowest BCUT2D eigenvalue weighted by Gasteiger charge is -2.19. The van der Waals surface area contributed by atoms with Gasteiger partial charge in [0.15, 0.2) is 5.78 Å². The number of nitrogens with one attached hydrogen (secondary N) is 1. The molecule has 0 heterocycles. The second kappa shape index (κ2) is 9.89. The zero-order valence-corrected chi connectivity index (χ0v) is 17.4. The van der Waals surface area contributed by atoms with Gasteiger partial charge in [-0.1, -0.05) is 54.6 Å². The Hall–Kier alpha value is -3.38. The van der Waals surface area contributed by atoms with Gasteiger partial charge in [-0.3, -0.25) is 9.59 Å². The van der Waals surface area contributed by atoms with Crippen LogP contribution in [0.15, 0.2) is 83.8 Å². The molecule has 0 radical (unpaired) electrons. The molecule has 0 fully saturated rings. The average molecular weight is 420 g/mol. The fourth-order valence-electron chi connectivity index (χ4n) is 2.91. The molecule has 3 aromatic carbocycles. The molecule has 0 spiro atoms. The zero-order valence-electron chi connectivity index (χ0n) is 16.6. The molecule has 1 atom stereocenters. The highest BCUT2D eigenvalue weighted by atomic mass is 32.2. The Balaban J connectivity index is 1.88. The summed E-state index contributed by atoms with van der Waals surface area (Å²) in [6, 6.07) is 22.5. The molecule has 30 heavy (non-hydrogen) atoms. The Morgan fingerprint density at radius 2 is 1.60 bits per heavy atom. The van der Waals surface area contributed by atoms with Gasteiger partial charge < -0.3 is 10.1 Å². The number of Topliss-reactive ketones (excluding diaryl/α,β-unsaturated/α-hetero) is 1. The second-order valence-electron chi connectivity index (χ2n) is 6.52. The molecule has 5 nitrogen and oxygen atoms in total. The van der Waals surface area contributed by atoms with Crippen molar-refractivity contribution in [2.24, 2.45) is 0 Å². The maximum Gasteiger partial charge on any atom is 0.340 e. The summed E-state index contributed by atoms with van der Waals surface area (Å²) in [5, 5.41) is 2.75. The van der Waals surface area contributed by atoms with Crippen molar-refractivity contribution in [3.63, 3.8) is 0 Å². The number of carbonyl (C=O) groups is 3. The van der Waals surface area contributed by atoms with Crippen molar-refractivity contribution in [3.8, 4) is 0 Å². The van der Waals surface area contributed by atoms with Crippen LogP contribution in [0.2, 0.25) is 0 Å². The van der Waals surface area contributed by atoms with Crippen LogP contribution in [0.25, 0.3) is 0 Å². The Kier molecular flexibility index (Phi) is 7.03. The highest BCUT2D eigenvalue weighted by Crippen LogP contribution is 2.26. The predicted octanol–water partition coefficient (Wildman–Crippen LogP) is 5.15. The molecule has 0 bridgehead atoms. The molecular formula is C24H21NO4S. The fraction of sp³-hybridized carbons (Fsp3) is 0.125. The first kappa shape index (κ1) is 21.3. The average Bonchev–Trinajstić information content (AvgIpc) is 2.77. The number of ether oxygens (including phenoxy) is 1. The van der Waals surface area contributed by atoms with Crippen LogP contribution < -0.4 is 5.32 Å². The molecule has 1 amide bonds. The van der Waals surface area contributed by atoms with E-state index in [4.69, 9.17) is 4.74 Å². The first-order valence-corrected chi connectivity index (χ1v) is 10.5. The molecule has 0 unspecified atom stereocenters. The minimum absolute atomic E-state index is 0.106. The summed E-state index contributed by atoms with van der Waals surface area (Å²) >= 11 is 1.43. The molecule has 6 heteroatoms. The number of hydrogen-bond acceptors (Lipinski definition) is 5. The smallest absolute Gasteiger partial charge is 0.340 e. The number of carbonyl (C=O) groups excluding carboxylic acids is 3. The molecule has 0 saturated heterocycles. The molecule has 152 valence electrons. The molecule has 0 aliphatic carbocycles. The number of amides is 1. The normalized spacial score (nSPS) is 11.4. The van der Waals surface area contributed by atoms with Gasteiger partial charge in [-0.25, -0.2) is 4.79 Å². The van der Waals surface area contributed by atoms with E-state index in [0.29, 0.717) is 22.4 Å². The van der Waals surface area contributed by atoms with E-state index in [2.05, 4.69) is 5.32 Å². The van der Waals surface area contributed by atoms with Crippen molar-refractivity contribution < 1.29 is 19.1 Å². The molecule has 0 aliphatic rings. The molecule has 3 rings (SSSR count). The third-order valence-corrected chi connectivity index (χ3v) is 5.22. The van der Waals surface area contributed by atoms with E-state index in [1.54, 1.807) is 60.7 Å². The third kappa shape index (κ3) is 5.15. The predicted molar refractivity (Wildman–Crippen MR) is 118 cm³/mol. The van der Waals surface area contributed by atoms with Crippen molar-refractivity contribution >= 4 is 35.1 Å². The van der Waals surface area contributed by atoms with Gasteiger partial charge in [0.05, 0.1) is 5.56 Å². The number of thioether (sulfide) groups is 1. The molecule has 1 N–H and O–H groups in total. The van der Waals surface area contributed by atoms with E-state index in [9.17, 15) is 14.4 Å². The lowest BCUT2D eigenvalue weighted by atomic mass is 10.1. The van der Waals surface area contributed by atoms with Gasteiger partial charge in [0.1, 0.15) is 0 Å². The van der Waals surface area contributed by atoms with Gasteiger partial charge in [0, 0.05) is 21.7 Å². The molecule has 0 aliphatic heterocycles. The second-order valence-corrected chi connectivity index (χ2v) is 7.37. The Morgan fingerprint density at radius 1 is 0.900 bits per heavy atom. The quantitative estimate of drug-likeness (QED) is 0.326. The van der Waals surface area contributed by atoms with E-state index in [-0.39, 0.29) is 5.78 Å². The number of hydrogen-bond donors (Lipinski definition) is 1. The van der Waals surface area contributed by atoms with E-state index >= 15 is 0 Å². The summed E-state index contributed by atoms with van der Waals surface area (Å²) in [6.07, 6.45) is 0.727. The fourth-order valence-corrected chi connectivity index (χ4v) is 3.49. The summed E-state index contributed by atoms with van der Waals surface area (Å²) in [4.78, 5) is 38.3. The summed E-state index contributed by atoms with van der Waals surface area (Å²) in [5.74, 6) is -1.19. The van der Waals surface area contributed by atoms with Crippen molar-refractivity contribution in [1.29, 1.82) is 0 Å². The van der Waals surface area contributed by atoms with Gasteiger partial charge in [0.25, 0.3) is 5.91 Å². The van der Waals surface area contributed by atoms with E-state index in [1.165, 1.54) is 18.7 Å². The van der Waals surface area contributed by atoms with Crippen LogP contribution in [0.1, 0.15) is 39.3 Å². The van der Waals surface area contributed by atoms with Crippen LogP contribution in [0.4, 0.5) is 5.69 Å². The van der Waals surface area contributed by atoms with Gasteiger partial charge >= 0.3 is 5.97 Å². The van der Waals surface area contributed by atoms with E-state index < -0.39 is 18.0 Å².